The van der Waals surface area contributed by atoms with Crippen LogP contribution < -0.4 is 5.73 Å². The Morgan fingerprint density at radius 2 is 1.50 bits per heavy atom. The lowest BCUT2D eigenvalue weighted by molar-refractivity contribution is 0.224. The first kappa shape index (κ1) is 20.4. The summed E-state index contributed by atoms with van der Waals surface area (Å²) in [6, 6.07) is 0. The normalized spacial score (nSPS) is 11.4. The van der Waals surface area contributed by atoms with Gasteiger partial charge in [0.05, 0.1) is 6.61 Å². The third-order valence-electron chi connectivity index (χ3n) is 1.55. The molecule has 0 unspecified atom stereocenters. The fraction of sp³-hybridized carbons (Fsp3) is 0.769. The van der Waals surface area contributed by atoms with Crippen molar-refractivity contribution in [2.75, 3.05) is 13.7 Å². The minimum absolute atomic E-state index is 0.468. The van der Waals surface area contributed by atoms with E-state index in [0.29, 0.717) is 12.5 Å². The highest BCUT2D eigenvalue weighted by atomic mass is 16.5. The van der Waals surface area contributed by atoms with Crippen LogP contribution >= 0.6 is 0 Å². The van der Waals surface area contributed by atoms with Crippen LogP contribution in [0.5, 0.6) is 0 Å². The van der Waals surface area contributed by atoms with Gasteiger partial charge in [0.1, 0.15) is 0 Å². The zero-order valence-corrected chi connectivity index (χ0v) is 12.3. The lowest BCUT2D eigenvalue weighted by atomic mass is 10.2. The van der Waals surface area contributed by atoms with E-state index in [-0.39, 0.29) is 0 Å². The highest BCUT2D eigenvalue weighted by Gasteiger charge is 2.00. The van der Waals surface area contributed by atoms with Gasteiger partial charge in [0.25, 0.3) is 0 Å². The Bertz CT molecular complexity index is 196. The Kier molecular flexibility index (Phi) is 21.0. The summed E-state index contributed by atoms with van der Waals surface area (Å²) in [6.07, 6.45) is 1.25. The number of ether oxygens (including phenoxy) is 1. The molecule has 0 saturated heterocycles. The first-order valence-corrected chi connectivity index (χ1v) is 6.07. The van der Waals surface area contributed by atoms with E-state index in [9.17, 15) is 0 Å². The van der Waals surface area contributed by atoms with Gasteiger partial charge >= 0.3 is 0 Å². The summed E-state index contributed by atoms with van der Waals surface area (Å²) in [4.78, 5) is 3.99. The van der Waals surface area contributed by atoms with Gasteiger partial charge in [-0.1, -0.05) is 34.1 Å². The number of nitrogens with zero attached hydrogens (tertiary/aromatic N) is 1. The number of allylic oxidation sites excluding steroid dienone is 1. The lowest BCUT2D eigenvalue weighted by Crippen LogP contribution is -2.09. The lowest BCUT2D eigenvalue weighted by Gasteiger charge is -2.06. The maximum Gasteiger partial charge on any atom is 0.188 e. The van der Waals surface area contributed by atoms with E-state index in [1.54, 1.807) is 7.05 Å². The van der Waals surface area contributed by atoms with Gasteiger partial charge in [-0.25, -0.2) is 0 Å². The van der Waals surface area contributed by atoms with E-state index in [4.69, 9.17) is 10.5 Å². The van der Waals surface area contributed by atoms with Crippen LogP contribution in [0.2, 0.25) is 0 Å². The second-order valence-corrected chi connectivity index (χ2v) is 2.94. The topological polar surface area (TPSA) is 47.6 Å². The van der Waals surface area contributed by atoms with Crippen molar-refractivity contribution in [3.8, 4) is 0 Å². The summed E-state index contributed by atoms with van der Waals surface area (Å²) in [5.41, 5.74) is 7.41. The molecule has 3 heteroatoms. The molecule has 0 spiro atoms. The number of rotatable bonds is 3. The monoisotopic (exact) mass is 230 g/mol. The quantitative estimate of drug-likeness (QED) is 0.593. The predicted octanol–water partition coefficient (Wildman–Crippen LogP) is 3.75. The Hall–Kier alpha value is -0.990. The number of nitrogens with two attached hydrogens (primary N) is 1. The molecule has 0 saturated carbocycles. The highest BCUT2D eigenvalue weighted by Crippen LogP contribution is 2.01. The smallest absolute Gasteiger partial charge is 0.188 e. The summed E-state index contributed by atoms with van der Waals surface area (Å²) in [5, 5.41) is 0. The molecule has 0 aliphatic rings. The first-order chi connectivity index (χ1) is 7.54. The number of hydrogen-bond acceptors (Lipinski definition) is 3. The van der Waals surface area contributed by atoms with E-state index in [1.807, 2.05) is 34.6 Å². The molecule has 0 radical (unpaired) electrons. The maximum absolute atomic E-state index is 5.58. The van der Waals surface area contributed by atoms with Gasteiger partial charge in [-0.05, 0) is 20.8 Å². The van der Waals surface area contributed by atoms with Crippen molar-refractivity contribution in [2.45, 2.75) is 54.9 Å². The molecule has 0 heterocycles. The van der Waals surface area contributed by atoms with Crippen LogP contribution in [-0.2, 0) is 4.74 Å². The van der Waals surface area contributed by atoms with Crippen molar-refractivity contribution in [2.24, 2.45) is 10.7 Å². The molecule has 0 atom stereocenters. The Labute approximate surface area is 102 Å². The van der Waals surface area contributed by atoms with Gasteiger partial charge in [0.2, 0.25) is 0 Å². The van der Waals surface area contributed by atoms with Crippen LogP contribution in [0.25, 0.3) is 0 Å². The first-order valence-electron chi connectivity index (χ1n) is 6.07. The van der Waals surface area contributed by atoms with Crippen molar-refractivity contribution >= 4 is 5.71 Å². The molecule has 0 fully saturated rings. The molecular weight excluding hydrogens is 200 g/mol. The van der Waals surface area contributed by atoms with Crippen LogP contribution in [0.1, 0.15) is 54.9 Å². The minimum Gasteiger partial charge on any atom is -0.479 e. The van der Waals surface area contributed by atoms with Gasteiger partial charge in [0, 0.05) is 18.3 Å². The Morgan fingerprint density at radius 3 is 1.75 bits per heavy atom. The summed E-state index contributed by atoms with van der Waals surface area (Å²) in [6.45, 7) is 14.5. The second-order valence-electron chi connectivity index (χ2n) is 2.94. The van der Waals surface area contributed by atoms with Crippen molar-refractivity contribution in [3.63, 3.8) is 0 Å². The molecule has 0 aromatic heterocycles. The van der Waals surface area contributed by atoms with E-state index < -0.39 is 0 Å². The molecule has 16 heavy (non-hydrogen) atoms. The van der Waals surface area contributed by atoms with Crippen molar-refractivity contribution in [1.29, 1.82) is 0 Å². The Balaban J connectivity index is -0.000000289. The fourth-order valence-electron chi connectivity index (χ4n) is 0.610. The number of aliphatic imine (C=N–C) groups is 1. The van der Waals surface area contributed by atoms with Crippen molar-refractivity contribution < 1.29 is 4.74 Å². The number of hydrogen-bond donors (Lipinski definition) is 1. The molecule has 0 bridgehead atoms. The van der Waals surface area contributed by atoms with E-state index in [2.05, 4.69) is 18.8 Å². The second kappa shape index (κ2) is 16.4. The highest BCUT2D eigenvalue weighted by molar-refractivity contribution is 5.97. The summed E-state index contributed by atoms with van der Waals surface area (Å²) in [5.74, 6) is 0.468. The molecule has 0 aliphatic carbocycles. The van der Waals surface area contributed by atoms with Gasteiger partial charge < -0.3 is 10.5 Å². The molecule has 0 aromatic rings. The average molecular weight is 230 g/mol. The summed E-state index contributed by atoms with van der Waals surface area (Å²) < 4.78 is 5.10. The molecule has 0 aliphatic heterocycles. The summed E-state index contributed by atoms with van der Waals surface area (Å²) in [7, 11) is 1.73. The molecule has 0 aromatic carbocycles. The average Bonchev–Trinajstić information content (AvgIpc) is 2.31. The molecule has 0 rings (SSSR count). The van der Waals surface area contributed by atoms with Crippen LogP contribution in [0.15, 0.2) is 16.4 Å². The third-order valence-corrected chi connectivity index (χ3v) is 1.55. The van der Waals surface area contributed by atoms with E-state index in [0.717, 1.165) is 11.3 Å². The molecule has 2 N–H and O–H groups in total. The van der Waals surface area contributed by atoms with E-state index in [1.165, 1.54) is 6.42 Å². The van der Waals surface area contributed by atoms with Crippen LogP contribution in [0.3, 0.4) is 0 Å². The standard InChI is InChI=1S/C8H16N2O.C3H8.C2H6/c1-5-11-8(9)6(2)7(3)10-4;1-3-2;1-2/h5,9H2,1-4H3;3H2,1-2H3;1-2H3/b8-6+,10-7?;;. The van der Waals surface area contributed by atoms with Crippen LogP contribution in [-0.4, -0.2) is 19.4 Å². The van der Waals surface area contributed by atoms with Gasteiger partial charge in [0.15, 0.2) is 5.88 Å². The van der Waals surface area contributed by atoms with Crippen molar-refractivity contribution in [1.82, 2.24) is 0 Å². The zero-order chi connectivity index (χ0) is 13.6. The fourth-order valence-corrected chi connectivity index (χ4v) is 0.610. The molecule has 0 amide bonds. The SMILES string of the molecule is CC.CCC.CCO/C(N)=C(\C)C(C)=NC. The van der Waals surface area contributed by atoms with Gasteiger partial charge in [-0.2, -0.15) is 0 Å². The van der Waals surface area contributed by atoms with Crippen LogP contribution in [0.4, 0.5) is 0 Å². The van der Waals surface area contributed by atoms with Crippen LogP contribution in [0, 0.1) is 0 Å². The summed E-state index contributed by atoms with van der Waals surface area (Å²) >= 11 is 0. The maximum atomic E-state index is 5.58. The largest absolute Gasteiger partial charge is 0.479 e. The van der Waals surface area contributed by atoms with Gasteiger partial charge in [-0.15, -0.1) is 0 Å². The van der Waals surface area contributed by atoms with E-state index >= 15 is 0 Å². The molecule has 98 valence electrons. The predicted molar refractivity (Wildman–Crippen MR) is 74.9 cm³/mol. The molecule has 3 nitrogen and oxygen atoms in total. The third kappa shape index (κ3) is 13.0. The minimum atomic E-state index is 0.468. The molecular formula is C13H30N2O. The van der Waals surface area contributed by atoms with Gasteiger partial charge in [-0.3, -0.25) is 4.99 Å². The zero-order valence-electron chi connectivity index (χ0n) is 12.3. The Morgan fingerprint density at radius 1 is 1.12 bits per heavy atom. The van der Waals surface area contributed by atoms with Crippen molar-refractivity contribution in [3.05, 3.63) is 11.5 Å².